The summed E-state index contributed by atoms with van der Waals surface area (Å²) in [7, 11) is 0. The summed E-state index contributed by atoms with van der Waals surface area (Å²) in [6, 6.07) is 0. The second kappa shape index (κ2) is 4.53. The van der Waals surface area contributed by atoms with Gasteiger partial charge in [0.25, 0.3) is 0 Å². The summed E-state index contributed by atoms with van der Waals surface area (Å²) >= 11 is 6.69. The first-order valence-corrected chi connectivity index (χ1v) is 5.11. The van der Waals surface area contributed by atoms with E-state index in [1.165, 1.54) is 11.5 Å². The third-order valence-electron chi connectivity index (χ3n) is 1.44. The van der Waals surface area contributed by atoms with E-state index in [-0.39, 0.29) is 11.8 Å². The summed E-state index contributed by atoms with van der Waals surface area (Å²) in [6.07, 6.45) is 0. The molecule has 0 saturated heterocycles. The molecule has 0 aliphatic heterocycles. The van der Waals surface area contributed by atoms with Crippen LogP contribution in [0.15, 0.2) is 0 Å². The van der Waals surface area contributed by atoms with Gasteiger partial charge in [-0.2, -0.15) is 4.37 Å². The summed E-state index contributed by atoms with van der Waals surface area (Å²) in [4.78, 5) is 15.3. The van der Waals surface area contributed by atoms with Gasteiger partial charge in [-0.3, -0.25) is 4.79 Å². The molecule has 0 bridgehead atoms. The van der Waals surface area contributed by atoms with Crippen LogP contribution in [0, 0.1) is 12.8 Å². The average molecular weight is 220 g/mol. The van der Waals surface area contributed by atoms with Crippen LogP contribution in [0.25, 0.3) is 0 Å². The van der Waals surface area contributed by atoms with Crippen molar-refractivity contribution in [2.45, 2.75) is 13.8 Å². The molecule has 0 saturated carbocycles. The molecule has 0 aliphatic rings. The van der Waals surface area contributed by atoms with Crippen molar-refractivity contribution in [3.05, 3.63) is 5.82 Å². The number of aryl methyl sites for hydroxylation is 1. The van der Waals surface area contributed by atoms with Crippen molar-refractivity contribution in [2.75, 3.05) is 11.2 Å². The number of halogens is 1. The molecule has 4 nitrogen and oxygen atoms in total. The third kappa shape index (κ3) is 2.93. The first-order valence-electron chi connectivity index (χ1n) is 3.80. The van der Waals surface area contributed by atoms with E-state index in [0.717, 1.165) is 0 Å². The van der Waals surface area contributed by atoms with Crippen LogP contribution >= 0.6 is 23.1 Å². The number of hydrogen-bond donors (Lipinski definition) is 1. The Morgan fingerprint density at radius 2 is 2.46 bits per heavy atom. The second-order valence-corrected chi connectivity index (χ2v) is 3.75. The number of rotatable bonds is 3. The fraction of sp³-hybridized carbons (Fsp3) is 0.571. The van der Waals surface area contributed by atoms with Crippen LogP contribution in [-0.2, 0) is 4.79 Å². The number of nitrogens with zero attached hydrogens (tertiary/aromatic N) is 2. The molecule has 1 aromatic heterocycles. The highest BCUT2D eigenvalue weighted by Gasteiger charge is 2.13. The largest absolute Gasteiger partial charge is 0.300 e. The van der Waals surface area contributed by atoms with Crippen LogP contribution in [0.2, 0.25) is 0 Å². The van der Waals surface area contributed by atoms with Gasteiger partial charge in [0.1, 0.15) is 5.82 Å². The molecule has 0 aliphatic carbocycles. The van der Waals surface area contributed by atoms with Crippen LogP contribution in [0.3, 0.4) is 0 Å². The van der Waals surface area contributed by atoms with E-state index in [2.05, 4.69) is 14.7 Å². The molecule has 1 aromatic rings. The van der Waals surface area contributed by atoms with Gasteiger partial charge in [0.05, 0.1) is 0 Å². The fourth-order valence-corrected chi connectivity index (χ4v) is 1.37. The number of aromatic nitrogens is 2. The molecule has 13 heavy (non-hydrogen) atoms. The van der Waals surface area contributed by atoms with Crippen molar-refractivity contribution < 1.29 is 4.79 Å². The predicted molar refractivity (Wildman–Crippen MR) is 53.2 cm³/mol. The lowest BCUT2D eigenvalue weighted by molar-refractivity contribution is -0.118. The minimum atomic E-state index is -0.203. The molecule has 1 heterocycles. The zero-order valence-electron chi connectivity index (χ0n) is 7.37. The van der Waals surface area contributed by atoms with Gasteiger partial charge in [0.15, 0.2) is 0 Å². The van der Waals surface area contributed by atoms with Gasteiger partial charge >= 0.3 is 0 Å². The van der Waals surface area contributed by atoms with Crippen molar-refractivity contribution in [1.29, 1.82) is 0 Å². The average Bonchev–Trinajstić information content (AvgIpc) is 2.49. The number of nitrogens with one attached hydrogen (secondary N) is 1. The minimum Gasteiger partial charge on any atom is -0.300 e. The van der Waals surface area contributed by atoms with E-state index in [9.17, 15) is 4.79 Å². The van der Waals surface area contributed by atoms with Crippen LogP contribution in [0.1, 0.15) is 12.7 Å². The Morgan fingerprint density at radius 3 is 2.92 bits per heavy atom. The van der Waals surface area contributed by atoms with E-state index < -0.39 is 0 Å². The highest BCUT2D eigenvalue weighted by molar-refractivity contribution is 7.09. The molecular formula is C7H10ClN3OS. The van der Waals surface area contributed by atoms with Gasteiger partial charge in [-0.25, -0.2) is 4.98 Å². The zero-order chi connectivity index (χ0) is 9.84. The highest BCUT2D eigenvalue weighted by Crippen LogP contribution is 2.11. The number of amides is 1. The Kier molecular flexibility index (Phi) is 3.62. The number of carbonyl (C=O) groups is 1. The monoisotopic (exact) mass is 219 g/mol. The smallest absolute Gasteiger partial charge is 0.230 e. The van der Waals surface area contributed by atoms with E-state index in [0.29, 0.717) is 16.8 Å². The molecule has 72 valence electrons. The van der Waals surface area contributed by atoms with E-state index in [1.807, 2.05) is 0 Å². The van der Waals surface area contributed by atoms with Gasteiger partial charge < -0.3 is 5.32 Å². The van der Waals surface area contributed by atoms with Crippen molar-refractivity contribution in [2.24, 2.45) is 5.92 Å². The van der Waals surface area contributed by atoms with Crippen LogP contribution in [0.4, 0.5) is 5.13 Å². The molecule has 0 fully saturated rings. The summed E-state index contributed by atoms with van der Waals surface area (Å²) in [5.74, 6) is 0.653. The topological polar surface area (TPSA) is 54.9 Å². The summed E-state index contributed by atoms with van der Waals surface area (Å²) < 4.78 is 3.94. The molecule has 0 spiro atoms. The number of anilines is 1. The Hall–Kier alpha value is -0.680. The van der Waals surface area contributed by atoms with E-state index in [1.54, 1.807) is 13.8 Å². The van der Waals surface area contributed by atoms with Crippen molar-refractivity contribution in [1.82, 2.24) is 9.36 Å². The molecule has 1 N–H and O–H groups in total. The number of hydrogen-bond acceptors (Lipinski definition) is 4. The fourth-order valence-electron chi connectivity index (χ4n) is 0.647. The normalized spacial score (nSPS) is 12.5. The number of alkyl halides is 1. The van der Waals surface area contributed by atoms with Gasteiger partial charge in [0.2, 0.25) is 11.0 Å². The SMILES string of the molecule is Cc1nsc(NC(=O)C(C)CCl)n1. The maximum atomic E-state index is 11.3. The Balaban J connectivity index is 2.54. The number of carbonyl (C=O) groups excluding carboxylic acids is 1. The van der Waals surface area contributed by atoms with Crippen LogP contribution in [-0.4, -0.2) is 21.1 Å². The molecule has 1 rings (SSSR count). The van der Waals surface area contributed by atoms with Gasteiger partial charge in [-0.15, -0.1) is 11.6 Å². The van der Waals surface area contributed by atoms with Crippen molar-refractivity contribution in [3.8, 4) is 0 Å². The molecule has 0 radical (unpaired) electrons. The standard InChI is InChI=1S/C7H10ClN3OS/c1-4(3-8)6(12)10-7-9-5(2)11-13-7/h4H,3H2,1-2H3,(H,9,10,11,12). The predicted octanol–water partition coefficient (Wildman–Crippen LogP) is 1.66. The quantitative estimate of drug-likeness (QED) is 0.787. The Labute approximate surface area is 85.5 Å². The van der Waals surface area contributed by atoms with E-state index >= 15 is 0 Å². The van der Waals surface area contributed by atoms with Crippen molar-refractivity contribution in [3.63, 3.8) is 0 Å². The van der Waals surface area contributed by atoms with Gasteiger partial charge in [-0.05, 0) is 6.92 Å². The first kappa shape index (κ1) is 10.4. The summed E-state index contributed by atoms with van der Waals surface area (Å²) in [6.45, 7) is 3.54. The maximum absolute atomic E-state index is 11.3. The van der Waals surface area contributed by atoms with Gasteiger partial charge in [-0.1, -0.05) is 6.92 Å². The molecule has 6 heteroatoms. The maximum Gasteiger partial charge on any atom is 0.230 e. The van der Waals surface area contributed by atoms with E-state index in [4.69, 9.17) is 11.6 Å². The highest BCUT2D eigenvalue weighted by atomic mass is 35.5. The molecule has 1 unspecified atom stereocenters. The lowest BCUT2D eigenvalue weighted by atomic mass is 10.2. The van der Waals surface area contributed by atoms with Crippen LogP contribution < -0.4 is 5.32 Å². The Morgan fingerprint density at radius 1 is 1.77 bits per heavy atom. The Bertz CT molecular complexity index is 302. The molecule has 0 aromatic carbocycles. The minimum absolute atomic E-state index is 0.119. The third-order valence-corrected chi connectivity index (χ3v) is 2.62. The molecule has 1 amide bonds. The molecular weight excluding hydrogens is 210 g/mol. The van der Waals surface area contributed by atoms with Gasteiger partial charge in [0, 0.05) is 23.3 Å². The molecule has 1 atom stereocenters. The van der Waals surface area contributed by atoms with Crippen molar-refractivity contribution >= 4 is 34.2 Å². The summed E-state index contributed by atoms with van der Waals surface area (Å²) in [5.41, 5.74) is 0. The second-order valence-electron chi connectivity index (χ2n) is 2.69. The summed E-state index contributed by atoms with van der Waals surface area (Å²) in [5, 5.41) is 3.16. The zero-order valence-corrected chi connectivity index (χ0v) is 8.95. The van der Waals surface area contributed by atoms with Crippen LogP contribution in [0.5, 0.6) is 0 Å². The lowest BCUT2D eigenvalue weighted by Gasteiger charge is -2.04. The first-order chi connectivity index (χ1) is 6.13. The lowest BCUT2D eigenvalue weighted by Crippen LogP contribution is -2.21.